The Balaban J connectivity index is 1.33. The molecule has 2 aromatic carbocycles. The minimum Gasteiger partial charge on any atom is -0.385 e. The second-order valence-corrected chi connectivity index (χ2v) is 7.31. The molecule has 2 aromatic rings. The fraction of sp³-hybridized carbons (Fsp3) is 0.429. The highest BCUT2D eigenvalue weighted by atomic mass is 35.5. The van der Waals surface area contributed by atoms with Crippen molar-refractivity contribution in [1.29, 1.82) is 0 Å². The van der Waals surface area contributed by atoms with Crippen molar-refractivity contribution in [2.45, 2.75) is 25.7 Å². The lowest BCUT2D eigenvalue weighted by Crippen LogP contribution is -2.35. The minimum absolute atomic E-state index is 0.0583. The summed E-state index contributed by atoms with van der Waals surface area (Å²) in [5, 5.41) is 4.19. The second kappa shape index (κ2) is 9.21. The van der Waals surface area contributed by atoms with E-state index < -0.39 is 0 Å². The molecular formula is C21H26ClFN2. The van der Waals surface area contributed by atoms with E-state index in [9.17, 15) is 4.39 Å². The number of likely N-dealkylation sites (tertiary alicyclic amines) is 1. The largest absolute Gasteiger partial charge is 0.385 e. The molecule has 1 saturated heterocycles. The van der Waals surface area contributed by atoms with Crippen LogP contribution in [0.4, 0.5) is 10.1 Å². The fourth-order valence-electron chi connectivity index (χ4n) is 3.52. The van der Waals surface area contributed by atoms with E-state index in [0.29, 0.717) is 5.92 Å². The average molecular weight is 361 g/mol. The van der Waals surface area contributed by atoms with E-state index >= 15 is 0 Å². The Labute approximate surface area is 155 Å². The lowest BCUT2D eigenvalue weighted by atomic mass is 9.90. The van der Waals surface area contributed by atoms with E-state index in [4.69, 9.17) is 11.6 Å². The predicted octanol–water partition coefficient (Wildman–Crippen LogP) is 5.24. The zero-order valence-corrected chi connectivity index (χ0v) is 15.3. The van der Waals surface area contributed by atoms with Crippen LogP contribution in [-0.4, -0.2) is 31.1 Å². The summed E-state index contributed by atoms with van der Waals surface area (Å²) in [6.45, 7) is 4.31. The van der Waals surface area contributed by atoms with Gasteiger partial charge in [0.1, 0.15) is 5.82 Å². The van der Waals surface area contributed by atoms with E-state index in [0.717, 1.165) is 68.1 Å². The molecule has 25 heavy (non-hydrogen) atoms. The maximum Gasteiger partial charge on any atom is 0.126 e. The first-order chi connectivity index (χ1) is 12.2. The van der Waals surface area contributed by atoms with Gasteiger partial charge in [0.05, 0.1) is 0 Å². The Morgan fingerprint density at radius 3 is 2.64 bits per heavy atom. The average Bonchev–Trinajstić information content (AvgIpc) is 2.62. The highest BCUT2D eigenvalue weighted by Gasteiger charge is 2.20. The van der Waals surface area contributed by atoms with Crippen LogP contribution in [-0.2, 0) is 6.42 Å². The third-order valence-electron chi connectivity index (χ3n) is 4.98. The molecule has 4 heteroatoms. The molecule has 1 heterocycles. The maximum absolute atomic E-state index is 13.8. The summed E-state index contributed by atoms with van der Waals surface area (Å²) in [5.74, 6) is 0.551. The molecule has 0 bridgehead atoms. The fourth-order valence-corrected chi connectivity index (χ4v) is 3.71. The first-order valence-corrected chi connectivity index (χ1v) is 9.54. The molecule has 0 amide bonds. The maximum atomic E-state index is 13.8. The molecule has 0 unspecified atom stereocenters. The van der Waals surface area contributed by atoms with Crippen LogP contribution in [0.25, 0.3) is 0 Å². The first kappa shape index (κ1) is 18.2. The molecule has 0 atom stereocenters. The van der Waals surface area contributed by atoms with Gasteiger partial charge in [-0.15, -0.1) is 0 Å². The van der Waals surface area contributed by atoms with Gasteiger partial charge in [-0.1, -0.05) is 35.9 Å². The molecular weight excluding hydrogens is 335 g/mol. The van der Waals surface area contributed by atoms with Gasteiger partial charge in [0.15, 0.2) is 0 Å². The molecule has 0 aliphatic carbocycles. The molecule has 1 aliphatic heterocycles. The van der Waals surface area contributed by atoms with Crippen LogP contribution in [0.3, 0.4) is 0 Å². The van der Waals surface area contributed by atoms with Gasteiger partial charge in [0.2, 0.25) is 0 Å². The summed E-state index contributed by atoms with van der Waals surface area (Å²) in [6, 6.07) is 15.0. The van der Waals surface area contributed by atoms with Gasteiger partial charge in [-0.05, 0) is 81.1 Å². The number of halogens is 2. The van der Waals surface area contributed by atoms with E-state index in [1.807, 2.05) is 36.4 Å². The van der Waals surface area contributed by atoms with Crippen LogP contribution >= 0.6 is 11.6 Å². The van der Waals surface area contributed by atoms with Gasteiger partial charge in [-0.2, -0.15) is 0 Å². The zero-order valence-electron chi connectivity index (χ0n) is 14.6. The molecule has 2 nitrogen and oxygen atoms in total. The van der Waals surface area contributed by atoms with E-state index in [-0.39, 0.29) is 5.82 Å². The van der Waals surface area contributed by atoms with Crippen molar-refractivity contribution in [2.75, 3.05) is 31.5 Å². The van der Waals surface area contributed by atoms with Gasteiger partial charge >= 0.3 is 0 Å². The Hall–Kier alpha value is -1.58. The predicted molar refractivity (Wildman–Crippen MR) is 104 cm³/mol. The molecule has 1 aliphatic rings. The standard InChI is InChI=1S/C21H26ClFN2/c22-19-6-3-7-20(16-19)24-11-4-12-25-13-9-17(10-14-25)15-18-5-1-2-8-21(18)23/h1-3,5-8,16-17,24H,4,9-15H2. The highest BCUT2D eigenvalue weighted by molar-refractivity contribution is 6.30. The third-order valence-corrected chi connectivity index (χ3v) is 5.21. The smallest absolute Gasteiger partial charge is 0.126 e. The number of anilines is 1. The minimum atomic E-state index is -0.0583. The lowest BCUT2D eigenvalue weighted by molar-refractivity contribution is 0.183. The third kappa shape index (κ3) is 5.72. The number of benzene rings is 2. The summed E-state index contributed by atoms with van der Waals surface area (Å²) >= 11 is 5.99. The van der Waals surface area contributed by atoms with E-state index in [1.54, 1.807) is 12.1 Å². The van der Waals surface area contributed by atoms with E-state index in [2.05, 4.69) is 10.2 Å². The highest BCUT2D eigenvalue weighted by Crippen LogP contribution is 2.23. The lowest BCUT2D eigenvalue weighted by Gasteiger charge is -2.32. The molecule has 1 fully saturated rings. The molecule has 0 radical (unpaired) electrons. The van der Waals surface area contributed by atoms with Crippen LogP contribution in [0, 0.1) is 11.7 Å². The molecule has 1 N–H and O–H groups in total. The van der Waals surface area contributed by atoms with Gasteiger partial charge in [0.25, 0.3) is 0 Å². The number of hydrogen-bond donors (Lipinski definition) is 1. The van der Waals surface area contributed by atoms with E-state index in [1.165, 1.54) is 0 Å². The van der Waals surface area contributed by atoms with Crippen LogP contribution in [0.15, 0.2) is 48.5 Å². The second-order valence-electron chi connectivity index (χ2n) is 6.87. The van der Waals surface area contributed by atoms with Crippen LogP contribution in [0.2, 0.25) is 5.02 Å². The topological polar surface area (TPSA) is 15.3 Å². The van der Waals surface area contributed by atoms with Crippen molar-refractivity contribution in [1.82, 2.24) is 4.90 Å². The molecule has 0 aromatic heterocycles. The monoisotopic (exact) mass is 360 g/mol. The van der Waals surface area contributed by atoms with Gasteiger partial charge < -0.3 is 10.2 Å². The molecule has 3 rings (SSSR count). The van der Waals surface area contributed by atoms with Crippen molar-refractivity contribution in [3.8, 4) is 0 Å². The zero-order chi connectivity index (χ0) is 17.5. The van der Waals surface area contributed by atoms with Gasteiger partial charge in [-0.25, -0.2) is 4.39 Å². The summed E-state index contributed by atoms with van der Waals surface area (Å²) in [4.78, 5) is 2.53. The Morgan fingerprint density at radius 2 is 1.88 bits per heavy atom. The summed E-state index contributed by atoms with van der Waals surface area (Å²) in [7, 11) is 0. The van der Waals surface area contributed by atoms with Crippen molar-refractivity contribution < 1.29 is 4.39 Å². The Bertz CT molecular complexity index is 668. The number of nitrogens with zero attached hydrogens (tertiary/aromatic N) is 1. The van der Waals surface area contributed by atoms with Crippen molar-refractivity contribution in [3.05, 3.63) is 64.9 Å². The Kier molecular flexibility index (Phi) is 6.71. The van der Waals surface area contributed by atoms with Gasteiger partial charge in [-0.3, -0.25) is 0 Å². The Morgan fingerprint density at radius 1 is 1.08 bits per heavy atom. The SMILES string of the molecule is Fc1ccccc1CC1CCN(CCCNc2cccc(Cl)c2)CC1. The van der Waals surface area contributed by atoms with Crippen LogP contribution in [0.1, 0.15) is 24.8 Å². The number of hydrogen-bond acceptors (Lipinski definition) is 2. The van der Waals surface area contributed by atoms with Gasteiger partial charge in [0, 0.05) is 17.3 Å². The van der Waals surface area contributed by atoms with Crippen molar-refractivity contribution >= 4 is 17.3 Å². The molecule has 134 valence electrons. The normalized spacial score (nSPS) is 16.1. The van der Waals surface area contributed by atoms with Crippen LogP contribution in [0.5, 0.6) is 0 Å². The van der Waals surface area contributed by atoms with Crippen LogP contribution < -0.4 is 5.32 Å². The molecule has 0 spiro atoms. The number of piperidine rings is 1. The quantitative estimate of drug-likeness (QED) is 0.679. The molecule has 0 saturated carbocycles. The number of rotatable bonds is 7. The van der Waals surface area contributed by atoms with Crippen molar-refractivity contribution in [3.63, 3.8) is 0 Å². The first-order valence-electron chi connectivity index (χ1n) is 9.16. The number of nitrogens with one attached hydrogen (secondary N) is 1. The summed E-state index contributed by atoms with van der Waals surface area (Å²) < 4.78 is 13.8. The summed E-state index contributed by atoms with van der Waals surface area (Å²) in [5.41, 5.74) is 1.95. The van der Waals surface area contributed by atoms with Crippen molar-refractivity contribution in [2.24, 2.45) is 5.92 Å². The summed E-state index contributed by atoms with van der Waals surface area (Å²) in [6.07, 6.45) is 4.31.